The number of carbonyl (C=O) groups excluding carboxylic acids is 2. The second-order valence-corrected chi connectivity index (χ2v) is 12.9. The summed E-state index contributed by atoms with van der Waals surface area (Å²) in [7, 11) is 1.38. The molecule has 2 bridgehead atoms. The number of methoxy groups -OCH3 is 1. The molecule has 4 aliphatic carbocycles. The van der Waals surface area contributed by atoms with Crippen molar-refractivity contribution in [1.82, 2.24) is 10.6 Å². The number of carboxylic acid groups (broad SMARTS) is 1. The van der Waals surface area contributed by atoms with Crippen molar-refractivity contribution >= 4 is 17.8 Å². The molecule has 214 valence electrons. The molecule has 0 aromatic heterocycles. The van der Waals surface area contributed by atoms with Crippen LogP contribution in [0.15, 0.2) is 12.1 Å². The molecule has 0 saturated heterocycles. The van der Waals surface area contributed by atoms with Crippen molar-refractivity contribution in [1.29, 1.82) is 0 Å². The largest absolute Gasteiger partial charge is 0.496 e. The minimum Gasteiger partial charge on any atom is -0.496 e. The van der Waals surface area contributed by atoms with Crippen LogP contribution in [0.3, 0.4) is 0 Å². The highest BCUT2D eigenvalue weighted by Gasteiger charge is 2.51. The molecule has 0 spiro atoms. The molecule has 39 heavy (non-hydrogen) atoms. The van der Waals surface area contributed by atoms with Gasteiger partial charge in [-0.3, -0.25) is 14.4 Å². The summed E-state index contributed by atoms with van der Waals surface area (Å²) in [5.74, 6) is -1.61. The number of nitrogens with one attached hydrogen (secondary N) is 2. The lowest BCUT2D eigenvalue weighted by molar-refractivity contribution is -0.150. The highest BCUT2D eigenvalue weighted by molar-refractivity contribution is 5.98. The Labute approximate surface area is 229 Å². The van der Waals surface area contributed by atoms with E-state index in [1.807, 2.05) is 0 Å². The first-order valence-corrected chi connectivity index (χ1v) is 14.4. The van der Waals surface area contributed by atoms with Crippen molar-refractivity contribution in [3.8, 4) is 11.5 Å². The van der Waals surface area contributed by atoms with Gasteiger partial charge >= 0.3 is 5.97 Å². The van der Waals surface area contributed by atoms with Crippen molar-refractivity contribution < 1.29 is 33.4 Å². The topological polar surface area (TPSA) is 114 Å². The first kappa shape index (κ1) is 27.7. The van der Waals surface area contributed by atoms with Crippen molar-refractivity contribution in [2.45, 2.75) is 90.2 Å². The summed E-state index contributed by atoms with van der Waals surface area (Å²) in [5, 5.41) is 15.8. The van der Waals surface area contributed by atoms with Gasteiger partial charge in [0.25, 0.3) is 5.91 Å². The van der Waals surface area contributed by atoms with E-state index < -0.39 is 23.1 Å². The molecule has 1 aromatic carbocycles. The Morgan fingerprint density at radius 3 is 2.33 bits per heavy atom. The number of ether oxygens (including phenoxy) is 2. The number of rotatable bonds is 9. The van der Waals surface area contributed by atoms with Crippen molar-refractivity contribution in [2.75, 3.05) is 13.7 Å². The molecule has 4 atom stereocenters. The van der Waals surface area contributed by atoms with Gasteiger partial charge in [-0.1, -0.05) is 13.3 Å². The van der Waals surface area contributed by atoms with Crippen LogP contribution in [0.25, 0.3) is 0 Å². The Morgan fingerprint density at radius 2 is 1.72 bits per heavy atom. The van der Waals surface area contributed by atoms with Gasteiger partial charge in [0.1, 0.15) is 5.75 Å². The molecule has 9 heteroatoms. The number of amides is 2. The summed E-state index contributed by atoms with van der Waals surface area (Å²) in [6, 6.07) is 2.24. The average Bonchev–Trinajstić information content (AvgIpc) is 3.50. The van der Waals surface area contributed by atoms with Crippen LogP contribution in [0.5, 0.6) is 11.5 Å². The summed E-state index contributed by atoms with van der Waals surface area (Å²) in [5.41, 5.74) is -0.472. The van der Waals surface area contributed by atoms with E-state index in [2.05, 4.69) is 17.6 Å². The Hall–Kier alpha value is -2.84. The third-order valence-corrected chi connectivity index (χ3v) is 10.1. The van der Waals surface area contributed by atoms with Gasteiger partial charge < -0.3 is 25.2 Å². The van der Waals surface area contributed by atoms with Crippen LogP contribution in [0.4, 0.5) is 4.39 Å². The van der Waals surface area contributed by atoms with Crippen molar-refractivity contribution in [3.63, 3.8) is 0 Å². The quantitative estimate of drug-likeness (QED) is 0.415. The third kappa shape index (κ3) is 5.46. The predicted molar refractivity (Wildman–Crippen MR) is 142 cm³/mol. The number of aliphatic carboxylic acids is 1. The Balaban J connectivity index is 1.28. The predicted octanol–water partition coefficient (Wildman–Crippen LogP) is 4.70. The fourth-order valence-corrected chi connectivity index (χ4v) is 7.19. The molecular formula is C30H41FN2O6. The van der Waals surface area contributed by atoms with Gasteiger partial charge in [0.15, 0.2) is 11.6 Å². The zero-order valence-corrected chi connectivity index (χ0v) is 23.2. The lowest BCUT2D eigenvalue weighted by Gasteiger charge is -2.39. The molecule has 5 rings (SSSR count). The van der Waals surface area contributed by atoms with Gasteiger partial charge in [0, 0.05) is 18.7 Å². The monoisotopic (exact) mass is 544 g/mol. The van der Waals surface area contributed by atoms with Crippen molar-refractivity contribution in [2.24, 2.45) is 28.6 Å². The van der Waals surface area contributed by atoms with Crippen LogP contribution in [0, 0.1) is 34.4 Å². The van der Waals surface area contributed by atoms with E-state index in [4.69, 9.17) is 9.47 Å². The first-order valence-electron chi connectivity index (χ1n) is 14.4. The minimum atomic E-state index is -0.833. The molecule has 2 amide bonds. The number of carboxylic acids is 1. The van der Waals surface area contributed by atoms with E-state index in [-0.39, 0.29) is 58.3 Å². The maximum Gasteiger partial charge on any atom is 0.309 e. The maximum atomic E-state index is 14.9. The summed E-state index contributed by atoms with van der Waals surface area (Å²) in [6.45, 7) is 4.59. The standard InChI is InChI=1S/C30H41FN2O6/c1-29(9-4-10-29)16-32-27(35)24-17-5-6-18(13-17)25(24)33-26(34)20-14-23(21(31)15-22(20)38-3)39-19-7-11-30(2,12-8-19)28(36)37/h14-15,17-19,24-25H,4-13,16H2,1-3H3,(H,32,35)(H,33,34)(H,36,37)/t17-,18+,19-,24+,25-,30+/m1/s1. The van der Waals surface area contributed by atoms with Crippen molar-refractivity contribution in [3.05, 3.63) is 23.5 Å². The van der Waals surface area contributed by atoms with Gasteiger partial charge in [-0.25, -0.2) is 4.39 Å². The molecule has 0 heterocycles. The highest BCUT2D eigenvalue weighted by Crippen LogP contribution is 2.49. The number of hydrogen-bond donors (Lipinski definition) is 3. The van der Waals surface area contributed by atoms with Crippen LogP contribution < -0.4 is 20.1 Å². The second-order valence-electron chi connectivity index (χ2n) is 12.9. The van der Waals surface area contributed by atoms with E-state index in [1.54, 1.807) is 6.92 Å². The zero-order chi connectivity index (χ0) is 27.9. The number of carbonyl (C=O) groups is 3. The highest BCUT2D eigenvalue weighted by atomic mass is 19.1. The van der Waals surface area contributed by atoms with Crippen LogP contribution in [0.1, 0.15) is 88.4 Å². The lowest BCUT2D eigenvalue weighted by atomic mass is 9.70. The SMILES string of the molecule is COc1cc(F)c(O[C@H]2CC[C@@](C)(C(=O)O)CC2)cc1C(=O)N[C@@H]1[C@H]2CC[C@H](C2)[C@@H]1C(=O)NCC1(C)CCC1. The third-order valence-electron chi connectivity index (χ3n) is 10.1. The molecule has 4 fully saturated rings. The van der Waals surface area contributed by atoms with Gasteiger partial charge in [-0.2, -0.15) is 0 Å². The molecule has 4 aliphatic rings. The Bertz CT molecular complexity index is 1130. The summed E-state index contributed by atoms with van der Waals surface area (Å²) in [6.07, 6.45) is 7.84. The lowest BCUT2D eigenvalue weighted by Crippen LogP contribution is -2.51. The van der Waals surface area contributed by atoms with E-state index >= 15 is 0 Å². The smallest absolute Gasteiger partial charge is 0.309 e. The Morgan fingerprint density at radius 1 is 1.03 bits per heavy atom. The van der Waals surface area contributed by atoms with E-state index in [1.165, 1.54) is 19.6 Å². The maximum absolute atomic E-state index is 14.9. The van der Waals surface area contributed by atoms with Crippen LogP contribution in [0.2, 0.25) is 0 Å². The van der Waals surface area contributed by atoms with E-state index in [0.717, 1.165) is 38.2 Å². The fourth-order valence-electron chi connectivity index (χ4n) is 7.19. The van der Waals surface area contributed by atoms with E-state index in [0.29, 0.717) is 32.2 Å². The summed E-state index contributed by atoms with van der Waals surface area (Å²) in [4.78, 5) is 38.4. The van der Waals surface area contributed by atoms with Crippen LogP contribution in [-0.4, -0.2) is 48.7 Å². The number of fused-ring (bicyclic) bond motifs is 2. The normalized spacial score (nSPS) is 32.7. The second kappa shape index (κ2) is 10.6. The van der Waals surface area contributed by atoms with Gasteiger partial charge in [0.05, 0.1) is 30.1 Å². The molecule has 3 N–H and O–H groups in total. The van der Waals surface area contributed by atoms with Crippen LogP contribution >= 0.6 is 0 Å². The molecule has 1 aromatic rings. The molecule has 0 unspecified atom stereocenters. The summed E-state index contributed by atoms with van der Waals surface area (Å²) >= 11 is 0. The number of hydrogen-bond acceptors (Lipinski definition) is 5. The zero-order valence-electron chi connectivity index (χ0n) is 23.2. The average molecular weight is 545 g/mol. The minimum absolute atomic E-state index is 0.0152. The van der Waals surface area contributed by atoms with Gasteiger partial charge in [-0.05, 0) is 88.0 Å². The summed E-state index contributed by atoms with van der Waals surface area (Å²) < 4.78 is 26.2. The van der Waals surface area contributed by atoms with Gasteiger partial charge in [0.2, 0.25) is 5.91 Å². The van der Waals surface area contributed by atoms with E-state index in [9.17, 15) is 23.9 Å². The molecule has 4 saturated carbocycles. The molecule has 8 nitrogen and oxygen atoms in total. The molecule has 0 radical (unpaired) electrons. The first-order chi connectivity index (χ1) is 18.5. The number of halogens is 1. The van der Waals surface area contributed by atoms with Crippen LogP contribution in [-0.2, 0) is 9.59 Å². The number of benzene rings is 1. The van der Waals surface area contributed by atoms with Gasteiger partial charge in [-0.15, -0.1) is 0 Å². The molecule has 0 aliphatic heterocycles. The Kier molecular flexibility index (Phi) is 7.55. The molecular weight excluding hydrogens is 503 g/mol. The fraction of sp³-hybridized carbons (Fsp3) is 0.700.